The van der Waals surface area contributed by atoms with E-state index in [0.29, 0.717) is 18.9 Å². The predicted molar refractivity (Wildman–Crippen MR) is 120 cm³/mol. The number of carboxylic acids is 1. The maximum atomic E-state index is 11.4. The molecule has 3 aromatic rings. The number of pyridine rings is 1. The smallest absolute Gasteiger partial charge is 0.339 e. The van der Waals surface area contributed by atoms with Gasteiger partial charge in [-0.15, -0.1) is 0 Å². The van der Waals surface area contributed by atoms with Crippen LogP contribution in [0.15, 0.2) is 67.0 Å². The van der Waals surface area contributed by atoms with E-state index in [0.717, 1.165) is 36.1 Å². The summed E-state index contributed by atoms with van der Waals surface area (Å²) < 4.78 is 5.64. The van der Waals surface area contributed by atoms with E-state index >= 15 is 0 Å². The molecule has 6 nitrogen and oxygen atoms in total. The number of aliphatic hydroxyl groups is 1. The van der Waals surface area contributed by atoms with E-state index in [9.17, 15) is 15.0 Å². The van der Waals surface area contributed by atoms with E-state index in [-0.39, 0.29) is 5.56 Å². The Morgan fingerprint density at radius 1 is 1.13 bits per heavy atom. The van der Waals surface area contributed by atoms with Gasteiger partial charge in [-0.2, -0.15) is 0 Å². The van der Waals surface area contributed by atoms with Crippen molar-refractivity contribution in [1.29, 1.82) is 0 Å². The third kappa shape index (κ3) is 6.38. The number of aromatic nitrogens is 1. The number of carboxylic acid groups (broad SMARTS) is 1. The quantitative estimate of drug-likeness (QED) is 0.405. The molecule has 0 bridgehead atoms. The van der Waals surface area contributed by atoms with Crippen LogP contribution >= 0.6 is 0 Å². The molecule has 6 heteroatoms. The molecule has 0 radical (unpaired) electrons. The molecule has 0 spiro atoms. The van der Waals surface area contributed by atoms with Crippen molar-refractivity contribution in [2.45, 2.75) is 25.9 Å². The van der Waals surface area contributed by atoms with Crippen molar-refractivity contribution in [2.75, 3.05) is 19.7 Å². The van der Waals surface area contributed by atoms with Gasteiger partial charge in [0.05, 0.1) is 12.7 Å². The minimum atomic E-state index is -0.992. The molecule has 0 aliphatic heterocycles. The first kappa shape index (κ1) is 22.5. The van der Waals surface area contributed by atoms with Gasteiger partial charge in [-0.05, 0) is 54.3 Å². The van der Waals surface area contributed by atoms with E-state index in [4.69, 9.17) is 4.74 Å². The van der Waals surface area contributed by atoms with Crippen molar-refractivity contribution in [3.05, 3.63) is 83.7 Å². The number of rotatable bonds is 11. The van der Waals surface area contributed by atoms with Crippen LogP contribution in [-0.4, -0.2) is 40.9 Å². The zero-order valence-corrected chi connectivity index (χ0v) is 17.6. The van der Waals surface area contributed by atoms with Gasteiger partial charge in [-0.1, -0.05) is 43.3 Å². The Hall–Kier alpha value is -3.22. The summed E-state index contributed by atoms with van der Waals surface area (Å²) in [5, 5.41) is 22.8. The number of hydrogen-bond acceptors (Lipinski definition) is 5. The largest absolute Gasteiger partial charge is 0.493 e. The van der Waals surface area contributed by atoms with E-state index in [1.807, 2.05) is 31.2 Å². The standard InChI is InChI=1S/C25H28N2O4/c1-2-14-31-24-15-20(9-10-22(24)25(29)30)19-7-5-18(6-8-19)11-13-27-17-23(28)21-4-3-12-26-16-21/h3-10,12,15-16,23,27-28H,2,11,13-14,17H2,1H3,(H,29,30)/t23-/m1/s1. The Balaban J connectivity index is 1.56. The second-order valence-electron chi connectivity index (χ2n) is 7.32. The van der Waals surface area contributed by atoms with Crippen LogP contribution < -0.4 is 10.1 Å². The van der Waals surface area contributed by atoms with Gasteiger partial charge < -0.3 is 20.3 Å². The summed E-state index contributed by atoms with van der Waals surface area (Å²) >= 11 is 0. The van der Waals surface area contributed by atoms with Gasteiger partial charge >= 0.3 is 5.97 Å². The van der Waals surface area contributed by atoms with E-state index in [1.165, 1.54) is 5.56 Å². The lowest BCUT2D eigenvalue weighted by molar-refractivity contribution is 0.0692. The third-order valence-corrected chi connectivity index (χ3v) is 4.96. The molecule has 3 rings (SSSR count). The Morgan fingerprint density at radius 2 is 1.90 bits per heavy atom. The summed E-state index contributed by atoms with van der Waals surface area (Å²) in [6.07, 6.45) is 4.43. The highest BCUT2D eigenvalue weighted by atomic mass is 16.5. The molecule has 1 atom stereocenters. The average Bonchev–Trinajstić information content (AvgIpc) is 2.81. The second-order valence-corrected chi connectivity index (χ2v) is 7.32. The van der Waals surface area contributed by atoms with Gasteiger partial charge in [0.2, 0.25) is 0 Å². The Kier molecular flexibility index (Phi) is 8.15. The van der Waals surface area contributed by atoms with Gasteiger partial charge in [0.15, 0.2) is 0 Å². The molecule has 3 N–H and O–H groups in total. The topological polar surface area (TPSA) is 91.7 Å². The van der Waals surface area contributed by atoms with Crippen LogP contribution in [-0.2, 0) is 6.42 Å². The summed E-state index contributed by atoms with van der Waals surface area (Å²) in [6, 6.07) is 17.0. The molecular formula is C25H28N2O4. The highest BCUT2D eigenvalue weighted by molar-refractivity contribution is 5.92. The molecule has 0 aliphatic rings. The Labute approximate surface area is 182 Å². The van der Waals surface area contributed by atoms with Gasteiger partial charge in [0.25, 0.3) is 0 Å². The van der Waals surface area contributed by atoms with Crippen molar-refractivity contribution in [2.24, 2.45) is 0 Å². The normalized spacial score (nSPS) is 11.8. The van der Waals surface area contributed by atoms with Crippen LogP contribution in [0.4, 0.5) is 0 Å². The first-order valence-electron chi connectivity index (χ1n) is 10.5. The second kappa shape index (κ2) is 11.2. The number of aliphatic hydroxyl groups excluding tert-OH is 1. The summed E-state index contributed by atoms with van der Waals surface area (Å²) in [5.41, 5.74) is 4.07. The summed E-state index contributed by atoms with van der Waals surface area (Å²) in [5.74, 6) is -0.596. The molecule has 0 amide bonds. The SMILES string of the molecule is CCCOc1cc(-c2ccc(CCNC[C@@H](O)c3cccnc3)cc2)ccc1C(=O)O. The summed E-state index contributed by atoms with van der Waals surface area (Å²) in [6.45, 7) is 3.68. The summed E-state index contributed by atoms with van der Waals surface area (Å²) in [7, 11) is 0. The van der Waals surface area contributed by atoms with E-state index in [1.54, 1.807) is 30.6 Å². The first-order valence-corrected chi connectivity index (χ1v) is 10.5. The number of hydrogen-bond donors (Lipinski definition) is 3. The Bertz CT molecular complexity index is 975. The zero-order chi connectivity index (χ0) is 22.1. The van der Waals surface area contributed by atoms with Crippen LogP contribution in [0.5, 0.6) is 5.75 Å². The molecule has 0 saturated heterocycles. The molecule has 1 aromatic heterocycles. The highest BCUT2D eigenvalue weighted by Gasteiger charge is 2.13. The number of nitrogens with one attached hydrogen (secondary N) is 1. The predicted octanol–water partition coefficient (Wildman–Crippen LogP) is 4.10. The molecule has 162 valence electrons. The first-order chi connectivity index (χ1) is 15.1. The molecular weight excluding hydrogens is 392 g/mol. The minimum Gasteiger partial charge on any atom is -0.493 e. The fraction of sp³-hybridized carbons (Fsp3) is 0.280. The molecule has 1 heterocycles. The molecule has 31 heavy (non-hydrogen) atoms. The van der Waals surface area contributed by atoms with Crippen molar-refractivity contribution < 1.29 is 19.7 Å². The fourth-order valence-electron chi connectivity index (χ4n) is 3.24. The lowest BCUT2D eigenvalue weighted by atomic mass is 10.0. The number of carbonyl (C=O) groups is 1. The molecule has 0 saturated carbocycles. The number of ether oxygens (including phenoxy) is 1. The minimum absolute atomic E-state index is 0.174. The van der Waals surface area contributed by atoms with Crippen LogP contribution in [0, 0.1) is 0 Å². The lowest BCUT2D eigenvalue weighted by Crippen LogP contribution is -2.23. The highest BCUT2D eigenvalue weighted by Crippen LogP contribution is 2.28. The Morgan fingerprint density at radius 3 is 2.58 bits per heavy atom. The molecule has 0 unspecified atom stereocenters. The van der Waals surface area contributed by atoms with Crippen LogP contribution in [0.25, 0.3) is 11.1 Å². The van der Waals surface area contributed by atoms with E-state index < -0.39 is 12.1 Å². The van der Waals surface area contributed by atoms with Gasteiger partial charge in [-0.3, -0.25) is 4.98 Å². The van der Waals surface area contributed by atoms with Crippen LogP contribution in [0.1, 0.15) is 40.9 Å². The number of aromatic carboxylic acids is 1. The van der Waals surface area contributed by atoms with Gasteiger partial charge in [-0.25, -0.2) is 4.79 Å². The monoisotopic (exact) mass is 420 g/mol. The average molecular weight is 421 g/mol. The molecule has 0 aliphatic carbocycles. The van der Waals surface area contributed by atoms with Crippen molar-refractivity contribution >= 4 is 5.97 Å². The third-order valence-electron chi connectivity index (χ3n) is 4.96. The zero-order valence-electron chi connectivity index (χ0n) is 17.6. The van der Waals surface area contributed by atoms with Crippen molar-refractivity contribution in [3.8, 4) is 16.9 Å². The molecule has 2 aromatic carbocycles. The molecule has 0 fully saturated rings. The van der Waals surface area contributed by atoms with Gasteiger partial charge in [0.1, 0.15) is 11.3 Å². The fourth-order valence-corrected chi connectivity index (χ4v) is 3.24. The number of benzene rings is 2. The number of nitrogens with zero attached hydrogens (tertiary/aromatic N) is 1. The lowest BCUT2D eigenvalue weighted by Gasteiger charge is -2.12. The van der Waals surface area contributed by atoms with Crippen molar-refractivity contribution in [3.63, 3.8) is 0 Å². The van der Waals surface area contributed by atoms with E-state index in [2.05, 4.69) is 22.4 Å². The van der Waals surface area contributed by atoms with Crippen LogP contribution in [0.2, 0.25) is 0 Å². The van der Waals surface area contributed by atoms with Gasteiger partial charge in [0, 0.05) is 24.5 Å². The maximum Gasteiger partial charge on any atom is 0.339 e. The maximum absolute atomic E-state index is 11.4. The van der Waals surface area contributed by atoms with Crippen molar-refractivity contribution in [1.82, 2.24) is 10.3 Å². The van der Waals surface area contributed by atoms with Crippen LogP contribution in [0.3, 0.4) is 0 Å². The summed E-state index contributed by atoms with van der Waals surface area (Å²) in [4.78, 5) is 15.4.